The Kier molecular flexibility index (Phi) is 3.19. The summed E-state index contributed by atoms with van der Waals surface area (Å²) in [5.41, 5.74) is 1.90. The van der Waals surface area contributed by atoms with E-state index in [0.717, 1.165) is 18.4 Å². The molecule has 0 saturated heterocycles. The summed E-state index contributed by atoms with van der Waals surface area (Å²) in [5.74, 6) is 1.68. The molecule has 0 aliphatic heterocycles. The topological polar surface area (TPSA) is 24.9 Å². The van der Waals surface area contributed by atoms with Gasteiger partial charge in [-0.3, -0.25) is 4.98 Å². The van der Waals surface area contributed by atoms with E-state index in [1.807, 2.05) is 11.7 Å². The van der Waals surface area contributed by atoms with E-state index in [2.05, 4.69) is 24.1 Å². The van der Waals surface area contributed by atoms with Crippen molar-refractivity contribution >= 4 is 11.3 Å². The van der Waals surface area contributed by atoms with Crippen LogP contribution in [0.1, 0.15) is 31.6 Å². The maximum Gasteiger partial charge on any atom is 0.0794 e. The molecule has 1 aromatic heterocycles. The maximum absolute atomic E-state index is 4.08. The van der Waals surface area contributed by atoms with Gasteiger partial charge in [0.05, 0.1) is 5.51 Å². The maximum atomic E-state index is 4.08. The molecule has 1 heterocycles. The number of hydrogen-bond donors (Lipinski definition) is 1. The summed E-state index contributed by atoms with van der Waals surface area (Å²) in [6.07, 6.45) is 4.79. The smallest absolute Gasteiger partial charge is 0.0794 e. The molecule has 1 atom stereocenters. The molecule has 1 saturated carbocycles. The van der Waals surface area contributed by atoms with Crippen LogP contribution in [-0.2, 0) is 6.54 Å². The molecule has 1 aliphatic rings. The number of nitrogens with zero attached hydrogens (tertiary/aromatic N) is 1. The molecule has 1 aliphatic carbocycles. The van der Waals surface area contributed by atoms with Crippen molar-refractivity contribution in [3.8, 4) is 0 Å². The molecule has 78 valence electrons. The molecule has 0 bridgehead atoms. The highest BCUT2D eigenvalue weighted by molar-refractivity contribution is 7.09. The molecule has 1 N–H and O–H groups in total. The third-order valence-electron chi connectivity index (χ3n) is 2.84. The van der Waals surface area contributed by atoms with E-state index in [1.54, 1.807) is 11.3 Å². The van der Waals surface area contributed by atoms with Gasteiger partial charge in [-0.1, -0.05) is 13.8 Å². The molecule has 2 rings (SSSR count). The molecule has 1 unspecified atom stereocenters. The summed E-state index contributed by atoms with van der Waals surface area (Å²) in [6.45, 7) is 5.61. The summed E-state index contributed by atoms with van der Waals surface area (Å²) >= 11 is 1.74. The Balaban J connectivity index is 1.82. The largest absolute Gasteiger partial charge is 0.309 e. The van der Waals surface area contributed by atoms with E-state index >= 15 is 0 Å². The number of rotatable bonds is 5. The van der Waals surface area contributed by atoms with Gasteiger partial charge in [0.2, 0.25) is 0 Å². The Morgan fingerprint density at radius 1 is 1.57 bits per heavy atom. The van der Waals surface area contributed by atoms with Gasteiger partial charge in [0.15, 0.2) is 0 Å². The Hall–Kier alpha value is -0.410. The molecule has 3 heteroatoms. The normalized spacial score (nSPS) is 18.8. The lowest BCUT2D eigenvalue weighted by Gasteiger charge is -2.21. The minimum Gasteiger partial charge on any atom is -0.309 e. The van der Waals surface area contributed by atoms with Crippen molar-refractivity contribution in [3.63, 3.8) is 0 Å². The Morgan fingerprint density at radius 2 is 2.36 bits per heavy atom. The third kappa shape index (κ3) is 2.55. The van der Waals surface area contributed by atoms with Crippen LogP contribution in [-0.4, -0.2) is 11.0 Å². The highest BCUT2D eigenvalue weighted by Crippen LogP contribution is 2.35. The summed E-state index contributed by atoms with van der Waals surface area (Å²) in [7, 11) is 0. The molecule has 14 heavy (non-hydrogen) atoms. The summed E-state index contributed by atoms with van der Waals surface area (Å²) in [6, 6.07) is 0.706. The quantitative estimate of drug-likeness (QED) is 0.808. The number of hydrogen-bond acceptors (Lipinski definition) is 3. The van der Waals surface area contributed by atoms with E-state index in [0.29, 0.717) is 6.04 Å². The highest BCUT2D eigenvalue weighted by atomic mass is 32.1. The van der Waals surface area contributed by atoms with Crippen LogP contribution in [0.2, 0.25) is 0 Å². The van der Waals surface area contributed by atoms with Crippen LogP contribution in [0.4, 0.5) is 0 Å². The average Bonchev–Trinajstić information content (AvgIpc) is 2.82. The Bertz CT molecular complexity index is 263. The minimum absolute atomic E-state index is 0.706. The van der Waals surface area contributed by atoms with Crippen LogP contribution in [0.5, 0.6) is 0 Å². The van der Waals surface area contributed by atoms with Gasteiger partial charge in [-0.05, 0) is 24.7 Å². The fourth-order valence-corrected chi connectivity index (χ4v) is 2.50. The predicted molar refractivity (Wildman–Crippen MR) is 60.3 cm³/mol. The molecule has 2 nitrogen and oxygen atoms in total. The Labute approximate surface area is 89.8 Å². The van der Waals surface area contributed by atoms with Gasteiger partial charge in [-0.25, -0.2) is 0 Å². The van der Waals surface area contributed by atoms with Crippen molar-refractivity contribution in [1.82, 2.24) is 10.3 Å². The van der Waals surface area contributed by atoms with Crippen LogP contribution in [0, 0.1) is 11.8 Å². The zero-order chi connectivity index (χ0) is 9.97. The lowest BCUT2D eigenvalue weighted by Crippen LogP contribution is -2.35. The molecular formula is C11H18N2S. The third-order valence-corrected chi connectivity index (χ3v) is 3.62. The van der Waals surface area contributed by atoms with Crippen LogP contribution < -0.4 is 5.32 Å². The lowest BCUT2D eigenvalue weighted by molar-refractivity contribution is 0.360. The molecule has 1 aromatic rings. The van der Waals surface area contributed by atoms with E-state index < -0.39 is 0 Å². The van der Waals surface area contributed by atoms with Crippen molar-refractivity contribution in [2.45, 2.75) is 39.3 Å². The number of thiazole rings is 1. The molecule has 1 fully saturated rings. The van der Waals surface area contributed by atoms with Gasteiger partial charge in [0.1, 0.15) is 0 Å². The highest BCUT2D eigenvalue weighted by Gasteiger charge is 2.32. The fraction of sp³-hybridized carbons (Fsp3) is 0.727. The predicted octanol–water partition coefficient (Wildman–Crippen LogP) is 2.67. The lowest BCUT2D eigenvalue weighted by atomic mass is 10.00. The second-order valence-corrected chi connectivity index (χ2v) is 5.43. The van der Waals surface area contributed by atoms with Crippen molar-refractivity contribution in [3.05, 3.63) is 16.6 Å². The molecule has 0 radical (unpaired) electrons. The second kappa shape index (κ2) is 4.41. The van der Waals surface area contributed by atoms with Gasteiger partial charge in [0, 0.05) is 23.7 Å². The van der Waals surface area contributed by atoms with Crippen molar-refractivity contribution in [1.29, 1.82) is 0 Å². The van der Waals surface area contributed by atoms with Crippen LogP contribution in [0.3, 0.4) is 0 Å². The van der Waals surface area contributed by atoms with Gasteiger partial charge < -0.3 is 5.32 Å². The first kappa shape index (κ1) is 10.1. The van der Waals surface area contributed by atoms with Gasteiger partial charge in [-0.2, -0.15) is 0 Å². The van der Waals surface area contributed by atoms with E-state index in [1.165, 1.54) is 17.7 Å². The van der Waals surface area contributed by atoms with Crippen LogP contribution in [0.15, 0.2) is 11.7 Å². The molecular weight excluding hydrogens is 192 g/mol. The SMILES string of the molecule is CC(C)C(NCc1cncs1)C1CC1. The zero-order valence-corrected chi connectivity index (χ0v) is 9.68. The van der Waals surface area contributed by atoms with Gasteiger partial charge in [-0.15, -0.1) is 11.3 Å². The molecule has 0 spiro atoms. The van der Waals surface area contributed by atoms with E-state index in [9.17, 15) is 0 Å². The summed E-state index contributed by atoms with van der Waals surface area (Å²) in [5, 5.41) is 3.65. The average molecular weight is 210 g/mol. The van der Waals surface area contributed by atoms with E-state index in [-0.39, 0.29) is 0 Å². The summed E-state index contributed by atoms with van der Waals surface area (Å²) in [4.78, 5) is 5.43. The van der Waals surface area contributed by atoms with Crippen LogP contribution in [0.25, 0.3) is 0 Å². The first-order valence-electron chi connectivity index (χ1n) is 5.38. The number of nitrogens with one attached hydrogen (secondary N) is 1. The van der Waals surface area contributed by atoms with Crippen molar-refractivity contribution < 1.29 is 0 Å². The standard InChI is InChI=1S/C11H18N2S/c1-8(2)11(9-3-4-9)13-6-10-5-12-7-14-10/h5,7-9,11,13H,3-4,6H2,1-2H3. The van der Waals surface area contributed by atoms with Crippen molar-refractivity contribution in [2.24, 2.45) is 11.8 Å². The monoisotopic (exact) mass is 210 g/mol. The second-order valence-electron chi connectivity index (χ2n) is 4.46. The van der Waals surface area contributed by atoms with Gasteiger partial charge >= 0.3 is 0 Å². The first-order valence-corrected chi connectivity index (χ1v) is 6.26. The number of aromatic nitrogens is 1. The summed E-state index contributed by atoms with van der Waals surface area (Å²) < 4.78 is 0. The fourth-order valence-electron chi connectivity index (χ4n) is 1.95. The molecule has 0 aromatic carbocycles. The Morgan fingerprint density at radius 3 is 2.86 bits per heavy atom. The first-order chi connectivity index (χ1) is 6.77. The zero-order valence-electron chi connectivity index (χ0n) is 8.86. The van der Waals surface area contributed by atoms with Gasteiger partial charge in [0.25, 0.3) is 0 Å². The van der Waals surface area contributed by atoms with Crippen molar-refractivity contribution in [2.75, 3.05) is 0 Å². The molecule has 0 amide bonds. The van der Waals surface area contributed by atoms with E-state index in [4.69, 9.17) is 0 Å². The van der Waals surface area contributed by atoms with Crippen LogP contribution >= 0.6 is 11.3 Å². The minimum atomic E-state index is 0.706.